The van der Waals surface area contributed by atoms with Crippen LogP contribution >= 0.6 is 0 Å². The summed E-state index contributed by atoms with van der Waals surface area (Å²) in [4.78, 5) is 19.7. The summed E-state index contributed by atoms with van der Waals surface area (Å²) in [6.07, 6.45) is 1.64. The van der Waals surface area contributed by atoms with Crippen molar-refractivity contribution in [3.63, 3.8) is 0 Å². The second-order valence-electron chi connectivity index (χ2n) is 8.40. The molecule has 0 aliphatic carbocycles. The van der Waals surface area contributed by atoms with Crippen LogP contribution in [0.3, 0.4) is 0 Å². The number of carbonyl (C=O) groups excluding carboxylic acids is 1. The average molecular weight is 426 g/mol. The zero-order valence-corrected chi connectivity index (χ0v) is 18.6. The van der Waals surface area contributed by atoms with Gasteiger partial charge in [-0.15, -0.1) is 0 Å². The molecule has 0 bridgehead atoms. The first-order chi connectivity index (χ1) is 15.4. The molecule has 2 atom stereocenters. The van der Waals surface area contributed by atoms with Crippen molar-refractivity contribution in [3.8, 4) is 17.2 Å². The van der Waals surface area contributed by atoms with Crippen molar-refractivity contribution >= 4 is 17.4 Å². The number of rotatable bonds is 4. The van der Waals surface area contributed by atoms with Crippen LogP contribution in [-0.2, 0) is 0 Å². The molecule has 6 nitrogen and oxygen atoms in total. The van der Waals surface area contributed by atoms with Gasteiger partial charge in [-0.3, -0.25) is 4.79 Å². The number of nitrogens with one attached hydrogen (secondary N) is 2. The molecule has 1 fully saturated rings. The Morgan fingerprint density at radius 3 is 2.44 bits per heavy atom. The first-order valence-corrected chi connectivity index (χ1v) is 10.8. The predicted octanol–water partition coefficient (Wildman–Crippen LogP) is 4.37. The second kappa shape index (κ2) is 9.21. The highest BCUT2D eigenvalue weighted by molar-refractivity contribution is 6.05. The largest absolute Gasteiger partial charge is 0.354 e. The summed E-state index contributed by atoms with van der Waals surface area (Å²) in [7, 11) is 0. The number of hydrogen-bond acceptors (Lipinski definition) is 5. The minimum Gasteiger partial charge on any atom is -0.354 e. The van der Waals surface area contributed by atoms with E-state index in [0.29, 0.717) is 23.2 Å². The van der Waals surface area contributed by atoms with E-state index in [1.54, 1.807) is 18.3 Å². The molecule has 162 valence electrons. The number of piperazine rings is 1. The van der Waals surface area contributed by atoms with Crippen molar-refractivity contribution in [2.45, 2.75) is 32.9 Å². The first-order valence-electron chi connectivity index (χ1n) is 10.8. The molecule has 2 unspecified atom stereocenters. The van der Waals surface area contributed by atoms with E-state index in [0.717, 1.165) is 41.3 Å². The minimum absolute atomic E-state index is 0.189. The van der Waals surface area contributed by atoms with Gasteiger partial charge in [0.15, 0.2) is 0 Å². The van der Waals surface area contributed by atoms with Crippen molar-refractivity contribution in [3.05, 3.63) is 77.5 Å². The smallest absolute Gasteiger partial charge is 0.257 e. The third-order valence-corrected chi connectivity index (χ3v) is 5.80. The third kappa shape index (κ3) is 4.63. The SMILES string of the molecule is Cc1c(NC(=O)c2ccc(N3CC(C)NC(C)C3)nc2)cccc1-c1ccc(C#N)cc1. The van der Waals surface area contributed by atoms with Gasteiger partial charge in [0.25, 0.3) is 5.91 Å². The van der Waals surface area contributed by atoms with Crippen molar-refractivity contribution in [1.29, 1.82) is 5.26 Å². The van der Waals surface area contributed by atoms with E-state index in [4.69, 9.17) is 5.26 Å². The lowest BCUT2D eigenvalue weighted by atomic mass is 9.98. The first kappa shape index (κ1) is 21.5. The van der Waals surface area contributed by atoms with Gasteiger partial charge >= 0.3 is 0 Å². The monoisotopic (exact) mass is 425 g/mol. The molecule has 2 aromatic carbocycles. The van der Waals surface area contributed by atoms with Crippen LogP contribution in [0.25, 0.3) is 11.1 Å². The lowest BCUT2D eigenvalue weighted by Gasteiger charge is -2.36. The Morgan fingerprint density at radius 2 is 1.81 bits per heavy atom. The predicted molar refractivity (Wildman–Crippen MR) is 128 cm³/mol. The van der Waals surface area contributed by atoms with E-state index in [2.05, 4.69) is 40.4 Å². The maximum absolute atomic E-state index is 12.9. The molecule has 1 saturated heterocycles. The van der Waals surface area contributed by atoms with Crippen LogP contribution in [0.1, 0.15) is 35.3 Å². The van der Waals surface area contributed by atoms with E-state index in [-0.39, 0.29) is 5.91 Å². The zero-order chi connectivity index (χ0) is 22.7. The summed E-state index contributed by atoms with van der Waals surface area (Å²) in [6.45, 7) is 8.10. The molecule has 6 heteroatoms. The Kier molecular flexibility index (Phi) is 6.20. The van der Waals surface area contributed by atoms with Crippen LogP contribution in [0.4, 0.5) is 11.5 Å². The Bertz CT molecular complexity index is 1140. The molecule has 1 aliphatic heterocycles. The van der Waals surface area contributed by atoms with Crippen molar-refractivity contribution < 1.29 is 4.79 Å². The number of hydrogen-bond donors (Lipinski definition) is 2. The van der Waals surface area contributed by atoms with Crippen LogP contribution in [0.2, 0.25) is 0 Å². The fourth-order valence-corrected chi connectivity index (χ4v) is 4.22. The molecular weight excluding hydrogens is 398 g/mol. The van der Waals surface area contributed by atoms with Crippen molar-refractivity contribution in [2.75, 3.05) is 23.3 Å². The highest BCUT2D eigenvalue weighted by atomic mass is 16.1. The molecule has 2 heterocycles. The van der Waals surface area contributed by atoms with Crippen LogP contribution in [0.5, 0.6) is 0 Å². The molecule has 4 rings (SSSR count). The molecule has 1 aromatic heterocycles. The maximum Gasteiger partial charge on any atom is 0.257 e. The highest BCUT2D eigenvalue weighted by Crippen LogP contribution is 2.29. The van der Waals surface area contributed by atoms with Gasteiger partial charge in [-0.25, -0.2) is 4.98 Å². The van der Waals surface area contributed by atoms with Gasteiger partial charge in [0.05, 0.1) is 17.2 Å². The average Bonchev–Trinajstić information content (AvgIpc) is 2.80. The third-order valence-electron chi connectivity index (χ3n) is 5.80. The summed E-state index contributed by atoms with van der Waals surface area (Å²) in [5.41, 5.74) is 4.89. The molecule has 0 radical (unpaired) electrons. The Morgan fingerprint density at radius 1 is 1.09 bits per heavy atom. The molecule has 1 amide bonds. The molecule has 0 saturated carbocycles. The molecule has 1 aliphatic rings. The summed E-state index contributed by atoms with van der Waals surface area (Å²) < 4.78 is 0. The van der Waals surface area contributed by atoms with Crippen LogP contribution in [0.15, 0.2) is 60.8 Å². The summed E-state index contributed by atoms with van der Waals surface area (Å²) in [6, 6.07) is 19.9. The standard InChI is InChI=1S/C26H27N5O/c1-17-15-31(16-18(2)29-17)25-12-11-22(14-28-25)26(32)30-24-6-4-5-23(19(24)3)21-9-7-20(13-27)8-10-21/h4-12,14,17-18,29H,15-16H2,1-3H3,(H,30,32). The Balaban J connectivity index is 1.50. The Labute approximate surface area is 188 Å². The number of benzene rings is 2. The molecular formula is C26H27N5O. The molecule has 0 spiro atoms. The van der Waals surface area contributed by atoms with Gasteiger partial charge in [0, 0.05) is 37.1 Å². The quantitative estimate of drug-likeness (QED) is 0.649. The number of pyridine rings is 1. The van der Waals surface area contributed by atoms with E-state index < -0.39 is 0 Å². The lowest BCUT2D eigenvalue weighted by molar-refractivity contribution is 0.102. The highest BCUT2D eigenvalue weighted by Gasteiger charge is 2.22. The van der Waals surface area contributed by atoms with E-state index in [1.165, 1.54) is 0 Å². The lowest BCUT2D eigenvalue weighted by Crippen LogP contribution is -2.54. The normalized spacial score (nSPS) is 18.1. The summed E-state index contributed by atoms with van der Waals surface area (Å²) in [5, 5.41) is 15.5. The number of nitrogens with zero attached hydrogens (tertiary/aromatic N) is 3. The number of carbonyl (C=O) groups is 1. The minimum atomic E-state index is -0.189. The van der Waals surface area contributed by atoms with E-state index >= 15 is 0 Å². The second-order valence-corrected chi connectivity index (χ2v) is 8.40. The van der Waals surface area contributed by atoms with Crippen molar-refractivity contribution in [2.24, 2.45) is 0 Å². The van der Waals surface area contributed by atoms with Gasteiger partial charge < -0.3 is 15.5 Å². The number of anilines is 2. The van der Waals surface area contributed by atoms with Crippen LogP contribution in [-0.4, -0.2) is 36.1 Å². The van der Waals surface area contributed by atoms with Gasteiger partial charge in [-0.05, 0) is 67.8 Å². The summed E-state index contributed by atoms with van der Waals surface area (Å²) in [5.74, 6) is 0.701. The maximum atomic E-state index is 12.9. The summed E-state index contributed by atoms with van der Waals surface area (Å²) >= 11 is 0. The zero-order valence-electron chi connectivity index (χ0n) is 18.6. The van der Waals surface area contributed by atoms with Gasteiger partial charge in [0.1, 0.15) is 5.82 Å². The topological polar surface area (TPSA) is 81.1 Å². The fourth-order valence-electron chi connectivity index (χ4n) is 4.22. The van der Waals surface area contributed by atoms with Crippen molar-refractivity contribution in [1.82, 2.24) is 10.3 Å². The van der Waals surface area contributed by atoms with E-state index in [9.17, 15) is 4.79 Å². The van der Waals surface area contributed by atoms with Crippen LogP contribution < -0.4 is 15.5 Å². The molecule has 2 N–H and O–H groups in total. The number of aromatic nitrogens is 1. The van der Waals surface area contributed by atoms with E-state index in [1.807, 2.05) is 49.4 Å². The van der Waals surface area contributed by atoms with Gasteiger partial charge in [-0.2, -0.15) is 5.26 Å². The number of amides is 1. The Hall–Kier alpha value is -3.69. The van der Waals surface area contributed by atoms with Crippen LogP contribution in [0, 0.1) is 18.3 Å². The number of nitriles is 1. The molecule has 3 aromatic rings. The van der Waals surface area contributed by atoms with Gasteiger partial charge in [-0.1, -0.05) is 24.3 Å². The van der Waals surface area contributed by atoms with Gasteiger partial charge in [0.2, 0.25) is 0 Å². The molecule has 32 heavy (non-hydrogen) atoms. The fraction of sp³-hybridized carbons (Fsp3) is 0.269.